The Morgan fingerprint density at radius 3 is 2.62 bits per heavy atom. The molecule has 4 nitrogen and oxygen atoms in total. The minimum Gasteiger partial charge on any atom is -0.376 e. The first-order valence-electron chi connectivity index (χ1n) is 6.83. The molecule has 0 bridgehead atoms. The van der Waals surface area contributed by atoms with Crippen LogP contribution >= 0.6 is 0 Å². The van der Waals surface area contributed by atoms with Gasteiger partial charge in [0.1, 0.15) is 0 Å². The van der Waals surface area contributed by atoms with Gasteiger partial charge in [-0.15, -0.1) is 0 Å². The van der Waals surface area contributed by atoms with Crippen LogP contribution < -0.4 is 10.2 Å². The van der Waals surface area contributed by atoms with Crippen LogP contribution in [-0.4, -0.2) is 12.5 Å². The zero-order chi connectivity index (χ0) is 14.8. The molecule has 1 unspecified atom stereocenters. The van der Waals surface area contributed by atoms with E-state index in [4.69, 9.17) is 5.26 Å². The van der Waals surface area contributed by atoms with E-state index in [1.54, 1.807) is 24.0 Å². The van der Waals surface area contributed by atoms with E-state index < -0.39 is 0 Å². The van der Waals surface area contributed by atoms with Gasteiger partial charge in [0.05, 0.1) is 24.2 Å². The van der Waals surface area contributed by atoms with Gasteiger partial charge < -0.3 is 10.2 Å². The molecule has 1 aliphatic rings. The maximum Gasteiger partial charge on any atom is 0.223 e. The quantitative estimate of drug-likeness (QED) is 0.917. The largest absolute Gasteiger partial charge is 0.376 e. The number of para-hydroxylation sites is 1. The number of nitrogens with zero attached hydrogens (tertiary/aromatic N) is 2. The van der Waals surface area contributed by atoms with Gasteiger partial charge in [-0.05, 0) is 35.9 Å². The second-order valence-electron chi connectivity index (χ2n) is 5.07. The Hall–Kier alpha value is -2.80. The molecule has 0 spiro atoms. The minimum atomic E-state index is 0.0478. The van der Waals surface area contributed by atoms with Crippen molar-refractivity contribution in [3.8, 4) is 6.07 Å². The molecule has 3 rings (SSSR count). The fourth-order valence-electron chi connectivity index (χ4n) is 2.67. The van der Waals surface area contributed by atoms with Gasteiger partial charge in [-0.3, -0.25) is 4.79 Å². The first-order chi connectivity index (χ1) is 10.2. The molecule has 1 aliphatic heterocycles. The van der Waals surface area contributed by atoms with Gasteiger partial charge in [-0.25, -0.2) is 0 Å². The summed E-state index contributed by atoms with van der Waals surface area (Å²) in [4.78, 5) is 13.5. The van der Waals surface area contributed by atoms with Crippen molar-refractivity contribution < 1.29 is 4.79 Å². The number of carbonyl (C=O) groups excluding carboxylic acids is 1. The van der Waals surface area contributed by atoms with Gasteiger partial charge in [0.15, 0.2) is 0 Å². The van der Waals surface area contributed by atoms with Gasteiger partial charge in [0.25, 0.3) is 0 Å². The maximum absolute atomic E-state index is 11.8. The monoisotopic (exact) mass is 277 g/mol. The van der Waals surface area contributed by atoms with Crippen LogP contribution in [-0.2, 0) is 4.79 Å². The molecule has 1 amide bonds. The van der Waals surface area contributed by atoms with Crippen LogP contribution in [0.2, 0.25) is 0 Å². The highest BCUT2D eigenvalue weighted by Crippen LogP contribution is 2.36. The van der Waals surface area contributed by atoms with E-state index >= 15 is 0 Å². The minimum absolute atomic E-state index is 0.0478. The number of anilines is 2. The maximum atomic E-state index is 11.8. The Morgan fingerprint density at radius 1 is 1.24 bits per heavy atom. The van der Waals surface area contributed by atoms with Gasteiger partial charge in [-0.1, -0.05) is 18.2 Å². The zero-order valence-electron chi connectivity index (χ0n) is 11.7. The first kappa shape index (κ1) is 13.2. The van der Waals surface area contributed by atoms with E-state index in [-0.39, 0.29) is 11.9 Å². The normalized spacial score (nSPS) is 16.2. The molecule has 0 fully saturated rings. The Morgan fingerprint density at radius 2 is 1.95 bits per heavy atom. The summed E-state index contributed by atoms with van der Waals surface area (Å²) in [5.74, 6) is 0.0478. The second-order valence-corrected chi connectivity index (χ2v) is 5.07. The summed E-state index contributed by atoms with van der Waals surface area (Å²) in [6.07, 6.45) is 0. The lowest BCUT2D eigenvalue weighted by Crippen LogP contribution is -2.28. The molecule has 1 N–H and O–H groups in total. The van der Waals surface area contributed by atoms with Crippen molar-refractivity contribution in [2.75, 3.05) is 16.8 Å². The third-order valence-electron chi connectivity index (χ3n) is 3.70. The van der Waals surface area contributed by atoms with E-state index in [0.29, 0.717) is 12.1 Å². The van der Waals surface area contributed by atoms with Crippen LogP contribution in [0.3, 0.4) is 0 Å². The summed E-state index contributed by atoms with van der Waals surface area (Å²) in [7, 11) is 0. The van der Waals surface area contributed by atoms with Crippen molar-refractivity contribution in [2.45, 2.75) is 13.0 Å². The molecular weight excluding hydrogens is 262 g/mol. The highest BCUT2D eigenvalue weighted by molar-refractivity contribution is 5.94. The smallest absolute Gasteiger partial charge is 0.223 e. The number of benzene rings is 2. The van der Waals surface area contributed by atoms with Crippen LogP contribution in [0, 0.1) is 11.3 Å². The van der Waals surface area contributed by atoms with E-state index in [2.05, 4.69) is 11.4 Å². The fraction of sp³-hybridized carbons (Fsp3) is 0.176. The molecule has 2 aromatic rings. The van der Waals surface area contributed by atoms with Crippen molar-refractivity contribution in [1.29, 1.82) is 5.26 Å². The topological polar surface area (TPSA) is 56.1 Å². The van der Waals surface area contributed by atoms with Crippen molar-refractivity contribution >= 4 is 17.3 Å². The average molecular weight is 277 g/mol. The highest BCUT2D eigenvalue weighted by Gasteiger charge is 2.30. The van der Waals surface area contributed by atoms with Crippen LogP contribution in [0.1, 0.15) is 24.1 Å². The molecule has 21 heavy (non-hydrogen) atoms. The molecule has 2 aromatic carbocycles. The summed E-state index contributed by atoms with van der Waals surface area (Å²) in [6, 6.07) is 17.4. The SMILES string of the molecule is CC(=O)N1CC(Nc2ccc(C#N)cc2)c2ccccc21. The summed E-state index contributed by atoms with van der Waals surface area (Å²) >= 11 is 0. The van der Waals surface area contributed by atoms with E-state index in [9.17, 15) is 4.79 Å². The summed E-state index contributed by atoms with van der Waals surface area (Å²) in [5, 5.41) is 12.3. The second kappa shape index (κ2) is 5.29. The lowest BCUT2D eigenvalue weighted by Gasteiger charge is -2.17. The molecule has 0 aromatic heterocycles. The van der Waals surface area contributed by atoms with Gasteiger partial charge in [0, 0.05) is 18.3 Å². The summed E-state index contributed by atoms with van der Waals surface area (Å²) in [6.45, 7) is 2.20. The van der Waals surface area contributed by atoms with E-state index in [0.717, 1.165) is 16.9 Å². The predicted molar refractivity (Wildman–Crippen MR) is 82.0 cm³/mol. The molecule has 1 heterocycles. The Labute approximate surface area is 123 Å². The lowest BCUT2D eigenvalue weighted by molar-refractivity contribution is -0.116. The number of amides is 1. The molecule has 0 radical (unpaired) electrons. The number of hydrogen-bond donors (Lipinski definition) is 1. The first-order valence-corrected chi connectivity index (χ1v) is 6.83. The molecule has 0 aliphatic carbocycles. The average Bonchev–Trinajstić information content (AvgIpc) is 2.87. The Balaban J connectivity index is 1.86. The van der Waals surface area contributed by atoms with Crippen LogP contribution in [0.4, 0.5) is 11.4 Å². The van der Waals surface area contributed by atoms with Crippen molar-refractivity contribution in [2.24, 2.45) is 0 Å². The number of nitrogens with one attached hydrogen (secondary N) is 1. The highest BCUT2D eigenvalue weighted by atomic mass is 16.2. The predicted octanol–water partition coefficient (Wildman–Crippen LogP) is 3.08. The van der Waals surface area contributed by atoms with Crippen LogP contribution in [0.15, 0.2) is 48.5 Å². The molecule has 104 valence electrons. The van der Waals surface area contributed by atoms with E-state index in [1.807, 2.05) is 36.4 Å². The van der Waals surface area contributed by atoms with Gasteiger partial charge >= 0.3 is 0 Å². The third kappa shape index (κ3) is 2.46. The molecule has 1 atom stereocenters. The number of rotatable bonds is 2. The number of fused-ring (bicyclic) bond motifs is 1. The van der Waals surface area contributed by atoms with Gasteiger partial charge in [-0.2, -0.15) is 5.26 Å². The van der Waals surface area contributed by atoms with Crippen LogP contribution in [0.25, 0.3) is 0 Å². The molecule has 0 saturated carbocycles. The Kier molecular flexibility index (Phi) is 3.33. The number of hydrogen-bond acceptors (Lipinski definition) is 3. The fourth-order valence-corrected chi connectivity index (χ4v) is 2.67. The number of nitriles is 1. The van der Waals surface area contributed by atoms with E-state index in [1.165, 1.54) is 0 Å². The zero-order valence-corrected chi connectivity index (χ0v) is 11.7. The summed E-state index contributed by atoms with van der Waals surface area (Å²) < 4.78 is 0. The van der Waals surface area contributed by atoms with Crippen molar-refractivity contribution in [1.82, 2.24) is 0 Å². The van der Waals surface area contributed by atoms with Gasteiger partial charge in [0.2, 0.25) is 5.91 Å². The Bertz CT molecular complexity index is 716. The van der Waals surface area contributed by atoms with Crippen molar-refractivity contribution in [3.63, 3.8) is 0 Å². The van der Waals surface area contributed by atoms with Crippen LogP contribution in [0.5, 0.6) is 0 Å². The summed E-state index contributed by atoms with van der Waals surface area (Å²) in [5.41, 5.74) is 3.67. The molecule has 0 saturated heterocycles. The number of carbonyl (C=O) groups is 1. The third-order valence-corrected chi connectivity index (χ3v) is 3.70. The van der Waals surface area contributed by atoms with Crippen molar-refractivity contribution in [3.05, 3.63) is 59.7 Å². The standard InChI is InChI=1S/C17H15N3O/c1-12(21)20-11-16(15-4-2-3-5-17(15)20)19-14-8-6-13(10-18)7-9-14/h2-9,16,19H,11H2,1H3. The lowest BCUT2D eigenvalue weighted by atomic mass is 10.1. The molecule has 4 heteroatoms. The molecular formula is C17H15N3O.